The zero-order valence-electron chi connectivity index (χ0n) is 24.6. The topological polar surface area (TPSA) is 87.0 Å². The second-order valence-electron chi connectivity index (χ2n) is 13.5. The number of hydrogen-bond donors (Lipinski definition) is 2. The van der Waals surface area contributed by atoms with E-state index in [1.165, 1.54) is 41.6 Å². The molecule has 8 nitrogen and oxygen atoms in total. The molecule has 2 amide bonds. The molecule has 220 valence electrons. The molecular weight excluding hydrogens is 528 g/mol. The minimum atomic E-state index is -0.520. The molecule has 1 aromatic heterocycles. The number of methoxy groups -OCH3 is 1. The van der Waals surface area contributed by atoms with E-state index in [1.807, 2.05) is 23.7 Å². The van der Waals surface area contributed by atoms with Gasteiger partial charge in [0.05, 0.1) is 18.2 Å². The van der Waals surface area contributed by atoms with Gasteiger partial charge in [0.15, 0.2) is 0 Å². The van der Waals surface area contributed by atoms with Crippen LogP contribution in [0.5, 0.6) is 5.75 Å². The Bertz CT molecular complexity index is 1590. The van der Waals surface area contributed by atoms with Gasteiger partial charge in [0.25, 0.3) is 5.91 Å². The zero-order valence-corrected chi connectivity index (χ0v) is 24.6. The maximum atomic E-state index is 14.8. The van der Waals surface area contributed by atoms with Crippen molar-refractivity contribution in [3.8, 4) is 17.0 Å². The minimum Gasteiger partial charge on any atom is -0.497 e. The van der Waals surface area contributed by atoms with Crippen LogP contribution in [-0.4, -0.2) is 70.7 Å². The number of piperazine rings is 1. The van der Waals surface area contributed by atoms with Crippen LogP contribution in [0, 0.1) is 5.41 Å². The predicted octanol–water partition coefficient (Wildman–Crippen LogP) is 5.28. The Hall–Kier alpha value is -3.36. The van der Waals surface area contributed by atoms with E-state index in [0.29, 0.717) is 23.9 Å². The summed E-state index contributed by atoms with van der Waals surface area (Å²) in [6.45, 7) is 2.48. The number of likely N-dealkylation sites (N-methyl/N-ethyl adjacent to an activating group) is 1. The number of hydrogen-bond acceptors (Lipinski definition) is 5. The number of aromatic nitrogens is 1. The highest BCUT2D eigenvalue weighted by Crippen LogP contribution is 2.66. The van der Waals surface area contributed by atoms with Crippen LogP contribution in [0.1, 0.15) is 84.7 Å². The van der Waals surface area contributed by atoms with Crippen LogP contribution in [0.4, 0.5) is 0 Å². The standard InChI is InChI=1S/C34H40N4O4/c1-36-17-22-9-10-23(18-36)38(22)33(40)34-16-28(34)27-15-24(42-2)11-13-25(27)31-30(20-6-4-3-5-7-20)26-12-8-21(32(39)35-41)14-29(26)37(31)19-34/h8,11-15,20,22-23,28,41H,3-7,9-10,16-19H2,1-2H3,(H,35,39). The second-order valence-corrected chi connectivity index (χ2v) is 13.5. The van der Waals surface area contributed by atoms with Crippen molar-refractivity contribution in [1.29, 1.82) is 0 Å². The highest BCUT2D eigenvalue weighted by Gasteiger charge is 2.65. The van der Waals surface area contributed by atoms with Gasteiger partial charge in [-0.05, 0) is 86.5 Å². The lowest BCUT2D eigenvalue weighted by Crippen LogP contribution is -2.57. The van der Waals surface area contributed by atoms with Gasteiger partial charge in [-0.25, -0.2) is 5.48 Å². The fourth-order valence-electron chi connectivity index (χ4n) is 9.19. The third kappa shape index (κ3) is 3.73. The van der Waals surface area contributed by atoms with E-state index >= 15 is 0 Å². The van der Waals surface area contributed by atoms with Gasteiger partial charge in [-0.15, -0.1) is 0 Å². The number of nitrogens with zero attached hydrogens (tertiary/aromatic N) is 3. The Morgan fingerprint density at radius 2 is 1.76 bits per heavy atom. The van der Waals surface area contributed by atoms with Gasteiger partial charge in [0.2, 0.25) is 5.91 Å². The first kappa shape index (κ1) is 26.3. The molecule has 4 heterocycles. The van der Waals surface area contributed by atoms with Crippen LogP contribution >= 0.6 is 0 Å². The van der Waals surface area contributed by atoms with E-state index < -0.39 is 11.3 Å². The van der Waals surface area contributed by atoms with Gasteiger partial charge in [0.1, 0.15) is 5.75 Å². The molecule has 4 unspecified atom stereocenters. The molecule has 2 N–H and O–H groups in total. The molecule has 8 rings (SSSR count). The van der Waals surface area contributed by atoms with Crippen molar-refractivity contribution in [2.24, 2.45) is 5.41 Å². The summed E-state index contributed by atoms with van der Waals surface area (Å²) in [7, 11) is 3.88. The number of fused-ring (bicyclic) bond motifs is 9. The van der Waals surface area contributed by atoms with Crippen molar-refractivity contribution in [3.63, 3.8) is 0 Å². The Balaban J connectivity index is 1.35. The van der Waals surface area contributed by atoms with Crippen molar-refractivity contribution < 1.29 is 19.5 Å². The number of ether oxygens (including phenoxy) is 1. The van der Waals surface area contributed by atoms with Crippen molar-refractivity contribution in [1.82, 2.24) is 19.8 Å². The van der Waals surface area contributed by atoms with Crippen molar-refractivity contribution >= 4 is 22.7 Å². The summed E-state index contributed by atoms with van der Waals surface area (Å²) in [4.78, 5) is 32.1. The first-order chi connectivity index (χ1) is 20.4. The van der Waals surface area contributed by atoms with Gasteiger partial charge in [-0.3, -0.25) is 14.8 Å². The number of carbonyl (C=O) groups excluding carboxylic acids is 2. The molecule has 2 aromatic carbocycles. The third-order valence-electron chi connectivity index (χ3n) is 11.2. The highest BCUT2D eigenvalue weighted by atomic mass is 16.5. The maximum Gasteiger partial charge on any atom is 0.274 e. The Kier molecular flexibility index (Phi) is 5.99. The molecular formula is C34H40N4O4. The number of hydroxylamine groups is 1. The number of benzene rings is 2. The molecule has 2 bridgehead atoms. The van der Waals surface area contributed by atoms with Crippen LogP contribution < -0.4 is 10.2 Å². The summed E-state index contributed by atoms with van der Waals surface area (Å²) in [6.07, 6.45) is 8.98. The molecule has 8 heteroatoms. The summed E-state index contributed by atoms with van der Waals surface area (Å²) in [6, 6.07) is 12.8. The lowest BCUT2D eigenvalue weighted by atomic mass is 9.81. The molecule has 2 saturated heterocycles. The number of amides is 2. The lowest BCUT2D eigenvalue weighted by Gasteiger charge is -2.41. The minimum absolute atomic E-state index is 0.132. The van der Waals surface area contributed by atoms with E-state index in [2.05, 4.69) is 39.6 Å². The lowest BCUT2D eigenvalue weighted by molar-refractivity contribution is -0.143. The van der Waals surface area contributed by atoms with Crippen LogP contribution in [-0.2, 0) is 11.3 Å². The average molecular weight is 569 g/mol. The molecule has 3 aliphatic heterocycles. The molecule has 2 aliphatic carbocycles. The van der Waals surface area contributed by atoms with Crippen LogP contribution in [0.25, 0.3) is 22.2 Å². The van der Waals surface area contributed by atoms with Crippen molar-refractivity contribution in [2.45, 2.75) is 81.8 Å². The maximum absolute atomic E-state index is 14.8. The SMILES string of the molecule is COc1ccc2c(c1)C1CC1(C(=O)N1C3CCC1CN(C)C3)Cn1c-2c(C2CCCCC2)c2ccc(C(=O)NO)cc21. The molecule has 3 aromatic rings. The van der Waals surface area contributed by atoms with E-state index in [1.54, 1.807) is 7.11 Å². The van der Waals surface area contributed by atoms with Crippen molar-refractivity contribution in [3.05, 3.63) is 53.1 Å². The Morgan fingerprint density at radius 1 is 1.00 bits per heavy atom. The van der Waals surface area contributed by atoms with E-state index in [4.69, 9.17) is 4.74 Å². The fraction of sp³-hybridized carbons (Fsp3) is 0.529. The fourth-order valence-corrected chi connectivity index (χ4v) is 9.19. The second kappa shape index (κ2) is 9.58. The number of carbonyl (C=O) groups is 2. The number of likely N-dealkylation sites (tertiary alicyclic amines) is 1. The summed E-state index contributed by atoms with van der Waals surface area (Å²) in [5.74, 6) is 1.17. The Morgan fingerprint density at radius 3 is 2.48 bits per heavy atom. The van der Waals surface area contributed by atoms with Crippen LogP contribution in [0.3, 0.4) is 0 Å². The van der Waals surface area contributed by atoms with Gasteiger partial charge in [0, 0.05) is 59.7 Å². The van der Waals surface area contributed by atoms with Crippen molar-refractivity contribution in [2.75, 3.05) is 27.2 Å². The first-order valence-corrected chi connectivity index (χ1v) is 15.7. The summed E-state index contributed by atoms with van der Waals surface area (Å²) >= 11 is 0. The van der Waals surface area contributed by atoms with Gasteiger partial charge >= 0.3 is 0 Å². The monoisotopic (exact) mass is 568 g/mol. The van der Waals surface area contributed by atoms with Gasteiger partial charge < -0.3 is 19.1 Å². The molecule has 4 atom stereocenters. The molecule has 0 radical (unpaired) electrons. The first-order valence-electron chi connectivity index (χ1n) is 15.7. The summed E-state index contributed by atoms with van der Waals surface area (Å²) in [5, 5.41) is 10.6. The van der Waals surface area contributed by atoms with Crippen LogP contribution in [0.15, 0.2) is 36.4 Å². The summed E-state index contributed by atoms with van der Waals surface area (Å²) in [5.41, 5.74) is 7.67. The molecule has 0 spiro atoms. The quantitative estimate of drug-likeness (QED) is 0.331. The highest BCUT2D eigenvalue weighted by molar-refractivity contribution is 6.01. The smallest absolute Gasteiger partial charge is 0.274 e. The van der Waals surface area contributed by atoms with E-state index in [9.17, 15) is 14.8 Å². The van der Waals surface area contributed by atoms with Crippen LogP contribution in [0.2, 0.25) is 0 Å². The van der Waals surface area contributed by atoms with E-state index in [0.717, 1.165) is 61.8 Å². The number of nitrogens with one attached hydrogen (secondary N) is 1. The molecule has 42 heavy (non-hydrogen) atoms. The Labute approximate surface area is 246 Å². The third-order valence-corrected chi connectivity index (χ3v) is 11.2. The van der Waals surface area contributed by atoms with E-state index in [-0.39, 0.29) is 18.0 Å². The molecule has 5 aliphatic rings. The largest absolute Gasteiger partial charge is 0.497 e. The normalized spacial score (nSPS) is 28.5. The molecule has 2 saturated carbocycles. The number of rotatable bonds is 4. The zero-order chi connectivity index (χ0) is 28.7. The predicted molar refractivity (Wildman–Crippen MR) is 160 cm³/mol. The molecule has 4 fully saturated rings. The van der Waals surface area contributed by atoms with Gasteiger partial charge in [-0.2, -0.15) is 0 Å². The van der Waals surface area contributed by atoms with Gasteiger partial charge in [-0.1, -0.05) is 25.3 Å². The average Bonchev–Trinajstić information content (AvgIpc) is 3.60. The summed E-state index contributed by atoms with van der Waals surface area (Å²) < 4.78 is 8.10.